The van der Waals surface area contributed by atoms with Crippen LogP contribution in [0.1, 0.15) is 13.8 Å². The fourth-order valence-corrected chi connectivity index (χ4v) is 1.40. The van der Waals surface area contributed by atoms with Gasteiger partial charge in [-0.15, -0.1) is 0 Å². The predicted molar refractivity (Wildman–Crippen MR) is 32.7 cm³/mol. The molecular formula is C6H12NOZn. The molecule has 0 N–H and O–H groups in total. The Balaban J connectivity index is 3.64. The summed E-state index contributed by atoms with van der Waals surface area (Å²) in [6.45, 7) is 5.73. The van der Waals surface area contributed by atoms with Crippen molar-refractivity contribution in [2.75, 3.05) is 13.1 Å². The van der Waals surface area contributed by atoms with Gasteiger partial charge in [0, 0.05) is 0 Å². The van der Waals surface area contributed by atoms with Crippen LogP contribution in [-0.2, 0) is 23.1 Å². The summed E-state index contributed by atoms with van der Waals surface area (Å²) in [5.41, 5.74) is 0. The first-order valence-electron chi connectivity index (χ1n) is 3.33. The molecule has 0 saturated heterocycles. The van der Waals surface area contributed by atoms with Crippen LogP contribution in [0.25, 0.3) is 0 Å². The Morgan fingerprint density at radius 3 is 2.00 bits per heavy atom. The van der Waals surface area contributed by atoms with Crippen LogP contribution >= 0.6 is 0 Å². The van der Waals surface area contributed by atoms with Crippen LogP contribution in [0, 0.1) is 0 Å². The number of hydrogen-bond donors (Lipinski definition) is 0. The Kier molecular flexibility index (Phi) is 4.98. The minimum absolute atomic E-state index is 0.306. The molecule has 0 aliphatic rings. The summed E-state index contributed by atoms with van der Waals surface area (Å²) < 4.78 is 0. The van der Waals surface area contributed by atoms with Crippen molar-refractivity contribution < 1.29 is 23.1 Å². The number of nitrogens with zero attached hydrogens (tertiary/aromatic N) is 1. The molecule has 0 saturated carbocycles. The molecule has 3 heteroatoms. The number of carbonyl (C=O) groups excluding carboxylic acids is 1. The average molecular weight is 180 g/mol. The summed E-state index contributed by atoms with van der Waals surface area (Å²) >= 11 is 1.08. The van der Waals surface area contributed by atoms with Gasteiger partial charge in [0.1, 0.15) is 0 Å². The van der Waals surface area contributed by atoms with Crippen molar-refractivity contribution in [1.82, 2.24) is 4.90 Å². The molecule has 0 aromatic rings. The van der Waals surface area contributed by atoms with Gasteiger partial charge in [-0.3, -0.25) is 0 Å². The van der Waals surface area contributed by atoms with Gasteiger partial charge >= 0.3 is 65.9 Å². The van der Waals surface area contributed by atoms with Crippen LogP contribution in [0.3, 0.4) is 0 Å². The topological polar surface area (TPSA) is 20.3 Å². The fourth-order valence-electron chi connectivity index (χ4n) is 0.734. The molecule has 0 fully saturated rings. The van der Waals surface area contributed by atoms with Gasteiger partial charge < -0.3 is 0 Å². The van der Waals surface area contributed by atoms with Gasteiger partial charge in [0.25, 0.3) is 0 Å². The van der Waals surface area contributed by atoms with E-state index in [4.69, 9.17) is 0 Å². The molecule has 0 aliphatic heterocycles. The summed E-state index contributed by atoms with van der Waals surface area (Å²) in [6, 6.07) is 0. The van der Waals surface area contributed by atoms with Crippen LogP contribution in [0.4, 0.5) is 0 Å². The van der Waals surface area contributed by atoms with Gasteiger partial charge in [0.15, 0.2) is 0 Å². The number of rotatable bonds is 3. The molecule has 0 rings (SSSR count). The van der Waals surface area contributed by atoms with Gasteiger partial charge in [0.05, 0.1) is 0 Å². The van der Waals surface area contributed by atoms with Crippen molar-refractivity contribution in [3.8, 4) is 0 Å². The summed E-state index contributed by atoms with van der Waals surface area (Å²) in [5.74, 6) is 0.306. The molecule has 0 spiro atoms. The Morgan fingerprint density at radius 2 is 1.89 bits per heavy atom. The van der Waals surface area contributed by atoms with E-state index < -0.39 is 0 Å². The Bertz CT molecular complexity index is 91.1. The zero-order chi connectivity index (χ0) is 7.28. The van der Waals surface area contributed by atoms with E-state index in [2.05, 4.69) is 0 Å². The van der Waals surface area contributed by atoms with E-state index in [9.17, 15) is 4.79 Å². The fraction of sp³-hybridized carbons (Fsp3) is 0.833. The van der Waals surface area contributed by atoms with E-state index in [1.54, 1.807) is 0 Å². The zero-order valence-electron chi connectivity index (χ0n) is 6.18. The molecule has 0 aromatic heterocycles. The number of amides is 1. The summed E-state index contributed by atoms with van der Waals surface area (Å²) in [4.78, 5) is 12.8. The summed E-state index contributed by atoms with van der Waals surface area (Å²) in [6.07, 6.45) is 0. The van der Waals surface area contributed by atoms with E-state index in [0.29, 0.717) is 5.91 Å². The van der Waals surface area contributed by atoms with Crippen LogP contribution in [0.5, 0.6) is 0 Å². The third-order valence-electron chi connectivity index (χ3n) is 1.33. The Morgan fingerprint density at radius 1 is 1.44 bits per heavy atom. The van der Waals surface area contributed by atoms with Crippen molar-refractivity contribution in [2.45, 2.75) is 18.9 Å². The minimum atomic E-state index is 0.306. The SMILES string of the molecule is CCN(CC)C(=O)[CH2][Zn]. The molecule has 1 amide bonds. The monoisotopic (exact) mass is 178 g/mol. The number of hydrogen-bond acceptors (Lipinski definition) is 1. The average Bonchev–Trinajstić information content (AvgIpc) is 1.90. The normalized spacial score (nSPS) is 9.33. The molecule has 0 radical (unpaired) electrons. The second kappa shape index (κ2) is 4.92. The van der Waals surface area contributed by atoms with Crippen LogP contribution < -0.4 is 0 Å². The van der Waals surface area contributed by atoms with Gasteiger partial charge in [0.2, 0.25) is 0 Å². The molecule has 9 heavy (non-hydrogen) atoms. The maximum atomic E-state index is 10.9. The van der Waals surface area contributed by atoms with Crippen LogP contribution in [0.2, 0.25) is 5.02 Å². The van der Waals surface area contributed by atoms with Crippen molar-refractivity contribution in [1.29, 1.82) is 0 Å². The van der Waals surface area contributed by atoms with Crippen molar-refractivity contribution >= 4 is 5.91 Å². The Labute approximate surface area is 66.3 Å². The molecular weight excluding hydrogens is 167 g/mol. The van der Waals surface area contributed by atoms with E-state index in [1.807, 2.05) is 18.7 Å². The molecule has 2 nitrogen and oxygen atoms in total. The van der Waals surface area contributed by atoms with Gasteiger partial charge in [-0.05, 0) is 0 Å². The van der Waals surface area contributed by atoms with Crippen LogP contribution in [-0.4, -0.2) is 23.9 Å². The van der Waals surface area contributed by atoms with E-state index in [-0.39, 0.29) is 0 Å². The van der Waals surface area contributed by atoms with Crippen molar-refractivity contribution in [3.63, 3.8) is 0 Å². The van der Waals surface area contributed by atoms with Crippen LogP contribution in [0.15, 0.2) is 0 Å². The standard InChI is InChI=1S/C6H12NO.Zn/c1-4-7(5-2)6(3)8;/h3-5H2,1-2H3;. The molecule has 0 aliphatic carbocycles. The van der Waals surface area contributed by atoms with Gasteiger partial charge in [-0.1, -0.05) is 0 Å². The van der Waals surface area contributed by atoms with E-state index >= 15 is 0 Å². The molecule has 0 aromatic carbocycles. The molecule has 0 heterocycles. The number of carbonyl (C=O) groups is 1. The van der Waals surface area contributed by atoms with Gasteiger partial charge in [-0.2, -0.15) is 0 Å². The molecule has 0 atom stereocenters. The molecule has 49 valence electrons. The third-order valence-corrected chi connectivity index (χ3v) is 2.23. The third kappa shape index (κ3) is 2.95. The van der Waals surface area contributed by atoms with E-state index in [1.165, 1.54) is 0 Å². The van der Waals surface area contributed by atoms with Crippen molar-refractivity contribution in [3.05, 3.63) is 0 Å². The maximum absolute atomic E-state index is 10.9. The van der Waals surface area contributed by atoms with Gasteiger partial charge in [-0.25, -0.2) is 0 Å². The molecule has 0 bridgehead atoms. The second-order valence-corrected chi connectivity index (χ2v) is 2.87. The first-order chi connectivity index (χ1) is 4.26. The summed E-state index contributed by atoms with van der Waals surface area (Å²) in [7, 11) is 0. The zero-order valence-corrected chi connectivity index (χ0v) is 9.15. The Hall–Kier alpha value is 0.0934. The molecule has 0 unspecified atom stereocenters. The quantitative estimate of drug-likeness (QED) is 0.588. The second-order valence-electron chi connectivity index (χ2n) is 1.82. The first-order valence-corrected chi connectivity index (χ1v) is 5.43. The van der Waals surface area contributed by atoms with E-state index in [0.717, 1.165) is 36.4 Å². The van der Waals surface area contributed by atoms with Crippen molar-refractivity contribution in [2.24, 2.45) is 0 Å². The predicted octanol–water partition coefficient (Wildman–Crippen LogP) is 0.820. The summed E-state index contributed by atoms with van der Waals surface area (Å²) in [5, 5.41) is 0.752. The first kappa shape index (κ1) is 9.09.